The average Bonchev–Trinajstić information content (AvgIpc) is 2.15. The fourth-order valence-corrected chi connectivity index (χ4v) is 0.805. The highest BCUT2D eigenvalue weighted by atomic mass is 16.6. The Morgan fingerprint density at radius 1 is 1.62 bits per heavy atom. The van der Waals surface area contributed by atoms with Crippen molar-refractivity contribution in [1.82, 2.24) is 5.32 Å². The van der Waals surface area contributed by atoms with Crippen molar-refractivity contribution in [2.45, 2.75) is 12.3 Å². The Labute approximate surface area is 77.0 Å². The summed E-state index contributed by atoms with van der Waals surface area (Å²) in [5, 5.41) is 11.7. The van der Waals surface area contributed by atoms with Gasteiger partial charge in [0, 0.05) is 14.2 Å². The first-order valence-corrected chi connectivity index (χ1v) is 3.85. The van der Waals surface area contributed by atoms with Crippen molar-refractivity contribution >= 4 is 5.91 Å². The van der Waals surface area contributed by atoms with Crippen LogP contribution in [0.3, 0.4) is 0 Å². The van der Waals surface area contributed by atoms with Gasteiger partial charge in [-0.15, -0.1) is 0 Å². The Morgan fingerprint density at radius 2 is 2.23 bits per heavy atom. The lowest BCUT2D eigenvalue weighted by atomic mass is 10.3. The Morgan fingerprint density at radius 3 is 2.62 bits per heavy atom. The Kier molecular flexibility index (Phi) is 6.43. The van der Waals surface area contributed by atoms with Crippen LogP contribution in [0.5, 0.6) is 0 Å². The summed E-state index contributed by atoms with van der Waals surface area (Å²) in [5.41, 5.74) is 5.08. The van der Waals surface area contributed by atoms with E-state index in [1.807, 2.05) is 0 Å². The molecule has 2 unspecified atom stereocenters. The second-order valence-corrected chi connectivity index (χ2v) is 2.46. The molecule has 0 fully saturated rings. The van der Waals surface area contributed by atoms with E-state index >= 15 is 0 Å². The normalized spacial score (nSPS) is 15.1. The highest BCUT2D eigenvalue weighted by Gasteiger charge is 2.19. The number of hydrogen-bond donors (Lipinski definition) is 3. The number of carbonyl (C=O) groups is 1. The fourth-order valence-electron chi connectivity index (χ4n) is 0.805. The lowest BCUT2D eigenvalue weighted by molar-refractivity contribution is -0.132. The molecule has 0 aliphatic rings. The number of rotatable bonds is 6. The van der Waals surface area contributed by atoms with Crippen molar-refractivity contribution in [2.24, 2.45) is 5.73 Å². The first-order valence-electron chi connectivity index (χ1n) is 3.85. The second kappa shape index (κ2) is 6.79. The van der Waals surface area contributed by atoms with E-state index in [0.717, 1.165) is 0 Å². The van der Waals surface area contributed by atoms with Gasteiger partial charge in [-0.05, 0) is 0 Å². The molecule has 6 nitrogen and oxygen atoms in total. The number of carbonyl (C=O) groups excluding carboxylic acids is 1. The standard InChI is InChI=1S/C7H16N2O4/c1-12-4-5(7(11)13-2)9-6(10)3-8/h5,7,11H,3-4,8H2,1-2H3,(H,9,10). The maximum atomic E-state index is 10.9. The molecule has 0 aromatic carbocycles. The molecular formula is C7H16N2O4. The zero-order chi connectivity index (χ0) is 10.3. The van der Waals surface area contributed by atoms with Gasteiger partial charge in [-0.25, -0.2) is 0 Å². The van der Waals surface area contributed by atoms with E-state index in [1.54, 1.807) is 0 Å². The molecular weight excluding hydrogens is 176 g/mol. The lowest BCUT2D eigenvalue weighted by Crippen LogP contribution is -2.48. The molecule has 0 aromatic heterocycles. The molecule has 0 radical (unpaired) electrons. The van der Waals surface area contributed by atoms with Crippen LogP contribution >= 0.6 is 0 Å². The summed E-state index contributed by atoms with van der Waals surface area (Å²) in [6.45, 7) is 0.0391. The van der Waals surface area contributed by atoms with E-state index in [9.17, 15) is 9.90 Å². The first-order chi connectivity index (χ1) is 6.15. The van der Waals surface area contributed by atoms with Gasteiger partial charge in [-0.1, -0.05) is 0 Å². The molecule has 0 saturated carbocycles. The average molecular weight is 192 g/mol. The Balaban J connectivity index is 4.00. The fraction of sp³-hybridized carbons (Fsp3) is 0.857. The number of nitrogens with one attached hydrogen (secondary N) is 1. The highest BCUT2D eigenvalue weighted by Crippen LogP contribution is 1.94. The largest absolute Gasteiger partial charge is 0.382 e. The number of ether oxygens (including phenoxy) is 2. The topological polar surface area (TPSA) is 93.8 Å². The molecule has 13 heavy (non-hydrogen) atoms. The van der Waals surface area contributed by atoms with Crippen molar-refractivity contribution in [2.75, 3.05) is 27.4 Å². The van der Waals surface area contributed by atoms with E-state index in [-0.39, 0.29) is 19.1 Å². The predicted molar refractivity (Wildman–Crippen MR) is 45.9 cm³/mol. The summed E-state index contributed by atoms with van der Waals surface area (Å²) >= 11 is 0. The second-order valence-electron chi connectivity index (χ2n) is 2.46. The van der Waals surface area contributed by atoms with Gasteiger partial charge < -0.3 is 25.6 Å². The Bertz CT molecular complexity index is 153. The van der Waals surface area contributed by atoms with Gasteiger partial charge in [-0.2, -0.15) is 0 Å². The van der Waals surface area contributed by atoms with Crippen LogP contribution in [0.1, 0.15) is 0 Å². The predicted octanol–water partition coefficient (Wildman–Crippen LogP) is -1.96. The summed E-state index contributed by atoms with van der Waals surface area (Å²) in [7, 11) is 2.80. The summed E-state index contributed by atoms with van der Waals surface area (Å²) < 4.78 is 9.41. The number of aliphatic hydroxyl groups is 1. The summed E-state index contributed by atoms with van der Waals surface area (Å²) in [6.07, 6.45) is -1.09. The summed E-state index contributed by atoms with van der Waals surface area (Å²) in [4.78, 5) is 10.9. The maximum Gasteiger partial charge on any atom is 0.234 e. The molecule has 0 saturated heterocycles. The van der Waals surface area contributed by atoms with Crippen molar-refractivity contribution < 1.29 is 19.4 Å². The van der Waals surface area contributed by atoms with Crippen LogP contribution in [0.4, 0.5) is 0 Å². The van der Waals surface area contributed by atoms with E-state index in [1.165, 1.54) is 14.2 Å². The molecule has 6 heteroatoms. The Hall–Kier alpha value is -0.690. The molecule has 0 aromatic rings. The lowest BCUT2D eigenvalue weighted by Gasteiger charge is -2.21. The number of aliphatic hydroxyl groups excluding tert-OH is 1. The molecule has 0 aliphatic heterocycles. The third-order valence-corrected chi connectivity index (χ3v) is 1.46. The smallest absolute Gasteiger partial charge is 0.234 e. The van der Waals surface area contributed by atoms with Crippen LogP contribution in [0.15, 0.2) is 0 Å². The van der Waals surface area contributed by atoms with Gasteiger partial charge >= 0.3 is 0 Å². The number of methoxy groups -OCH3 is 2. The molecule has 1 amide bonds. The van der Waals surface area contributed by atoms with Gasteiger partial charge in [0.2, 0.25) is 5.91 Å². The van der Waals surface area contributed by atoms with Gasteiger partial charge in [0.1, 0.15) is 6.04 Å². The van der Waals surface area contributed by atoms with Crippen LogP contribution in [0.25, 0.3) is 0 Å². The van der Waals surface area contributed by atoms with Gasteiger partial charge in [0.15, 0.2) is 6.29 Å². The maximum absolute atomic E-state index is 10.9. The molecule has 0 bridgehead atoms. The molecule has 0 heterocycles. The molecule has 78 valence electrons. The number of amides is 1. The van der Waals surface area contributed by atoms with E-state index < -0.39 is 12.3 Å². The zero-order valence-electron chi connectivity index (χ0n) is 7.82. The molecule has 2 atom stereocenters. The van der Waals surface area contributed by atoms with Crippen molar-refractivity contribution in [3.8, 4) is 0 Å². The third-order valence-electron chi connectivity index (χ3n) is 1.46. The molecule has 0 rings (SSSR count). The zero-order valence-corrected chi connectivity index (χ0v) is 7.82. The molecule has 0 spiro atoms. The third kappa shape index (κ3) is 4.79. The van der Waals surface area contributed by atoms with Gasteiger partial charge in [-0.3, -0.25) is 4.79 Å². The summed E-state index contributed by atoms with van der Waals surface area (Å²) in [5.74, 6) is -0.363. The van der Waals surface area contributed by atoms with Crippen LogP contribution in [0.2, 0.25) is 0 Å². The van der Waals surface area contributed by atoms with E-state index in [2.05, 4.69) is 10.1 Å². The van der Waals surface area contributed by atoms with Crippen LogP contribution in [-0.2, 0) is 14.3 Å². The quantitative estimate of drug-likeness (QED) is 0.425. The number of nitrogens with two attached hydrogens (primary N) is 1. The van der Waals surface area contributed by atoms with Crippen LogP contribution in [0, 0.1) is 0 Å². The summed E-state index contributed by atoms with van der Waals surface area (Å²) in [6, 6.07) is -0.592. The van der Waals surface area contributed by atoms with Crippen LogP contribution in [-0.4, -0.2) is 50.7 Å². The van der Waals surface area contributed by atoms with E-state index in [0.29, 0.717) is 0 Å². The van der Waals surface area contributed by atoms with Crippen LogP contribution < -0.4 is 11.1 Å². The molecule has 4 N–H and O–H groups in total. The number of hydrogen-bond acceptors (Lipinski definition) is 5. The SMILES string of the molecule is COCC(NC(=O)CN)C(O)OC. The monoisotopic (exact) mass is 192 g/mol. The first kappa shape index (κ1) is 12.3. The minimum absolute atomic E-state index is 0.128. The van der Waals surface area contributed by atoms with Gasteiger partial charge in [0.25, 0.3) is 0 Å². The van der Waals surface area contributed by atoms with Crippen molar-refractivity contribution in [3.05, 3.63) is 0 Å². The van der Waals surface area contributed by atoms with Gasteiger partial charge in [0.05, 0.1) is 13.2 Å². The van der Waals surface area contributed by atoms with E-state index in [4.69, 9.17) is 10.5 Å². The van der Waals surface area contributed by atoms with Crippen molar-refractivity contribution in [3.63, 3.8) is 0 Å². The highest BCUT2D eigenvalue weighted by molar-refractivity contribution is 5.78. The molecule has 0 aliphatic carbocycles. The minimum atomic E-state index is -1.09. The van der Waals surface area contributed by atoms with Crippen molar-refractivity contribution in [1.29, 1.82) is 0 Å². The minimum Gasteiger partial charge on any atom is -0.382 e.